The van der Waals surface area contributed by atoms with E-state index in [1.807, 2.05) is 56.3 Å². The molecule has 1 aliphatic heterocycles. The van der Waals surface area contributed by atoms with Crippen LogP contribution in [0.1, 0.15) is 22.6 Å². The van der Waals surface area contributed by atoms with Gasteiger partial charge in [-0.2, -0.15) is 0 Å². The minimum atomic E-state index is 0.0808. The Morgan fingerprint density at radius 1 is 1.12 bits per heavy atom. The summed E-state index contributed by atoms with van der Waals surface area (Å²) in [5.74, 6) is 1.55. The average molecular weight is 319 g/mol. The van der Waals surface area contributed by atoms with Gasteiger partial charge in [0.25, 0.3) is 0 Å². The minimum Gasteiger partial charge on any atom is -0.361 e. The van der Waals surface area contributed by atoms with Crippen molar-refractivity contribution in [1.29, 1.82) is 0 Å². The summed E-state index contributed by atoms with van der Waals surface area (Å²) in [6.45, 7) is 4.30. The first-order valence-electron chi connectivity index (χ1n) is 7.91. The molecule has 4 rings (SSSR count). The normalized spacial score (nSPS) is 13.4. The summed E-state index contributed by atoms with van der Waals surface area (Å²) in [6, 6.07) is 13.9. The van der Waals surface area contributed by atoms with Crippen LogP contribution < -0.4 is 4.90 Å². The lowest BCUT2D eigenvalue weighted by atomic mass is 10.1. The molecule has 5 nitrogen and oxygen atoms in total. The maximum Gasteiger partial charge on any atom is 0.233 e. The second kappa shape index (κ2) is 5.60. The van der Waals surface area contributed by atoms with Crippen molar-refractivity contribution < 1.29 is 9.32 Å². The Balaban J connectivity index is 1.74. The second-order valence-corrected chi connectivity index (χ2v) is 6.02. The number of carbonyl (C=O) groups is 1. The summed E-state index contributed by atoms with van der Waals surface area (Å²) in [7, 11) is 0. The SMILES string of the molecule is Cc1noc(C)c1-c1ccc2c(n1)N(Cc1ccccc1)C(=O)C2. The molecule has 0 fully saturated rings. The lowest BCUT2D eigenvalue weighted by molar-refractivity contribution is -0.117. The van der Waals surface area contributed by atoms with Crippen LogP contribution in [0.3, 0.4) is 0 Å². The molecule has 3 heterocycles. The van der Waals surface area contributed by atoms with Crippen molar-refractivity contribution >= 4 is 11.7 Å². The van der Waals surface area contributed by atoms with Gasteiger partial charge in [0, 0.05) is 5.56 Å². The summed E-state index contributed by atoms with van der Waals surface area (Å²) >= 11 is 0. The van der Waals surface area contributed by atoms with E-state index in [4.69, 9.17) is 9.51 Å². The van der Waals surface area contributed by atoms with Gasteiger partial charge in [0.2, 0.25) is 5.91 Å². The molecule has 1 aliphatic rings. The van der Waals surface area contributed by atoms with Crippen molar-refractivity contribution in [2.24, 2.45) is 0 Å². The maximum atomic E-state index is 12.4. The molecule has 0 saturated carbocycles. The van der Waals surface area contributed by atoms with E-state index >= 15 is 0 Å². The second-order valence-electron chi connectivity index (χ2n) is 6.02. The molecule has 120 valence electrons. The van der Waals surface area contributed by atoms with Crippen LogP contribution in [0.4, 0.5) is 5.82 Å². The molecule has 24 heavy (non-hydrogen) atoms. The molecule has 0 bridgehead atoms. The van der Waals surface area contributed by atoms with E-state index in [2.05, 4.69) is 5.16 Å². The predicted molar refractivity (Wildman–Crippen MR) is 90.5 cm³/mol. The fourth-order valence-corrected chi connectivity index (χ4v) is 3.14. The molecular weight excluding hydrogens is 302 g/mol. The van der Waals surface area contributed by atoms with Crippen molar-refractivity contribution in [2.75, 3.05) is 4.90 Å². The lowest BCUT2D eigenvalue weighted by Gasteiger charge is -2.17. The molecule has 0 unspecified atom stereocenters. The van der Waals surface area contributed by atoms with E-state index in [0.717, 1.165) is 39.7 Å². The van der Waals surface area contributed by atoms with Crippen molar-refractivity contribution in [3.63, 3.8) is 0 Å². The van der Waals surface area contributed by atoms with Crippen LogP contribution in [-0.4, -0.2) is 16.0 Å². The van der Waals surface area contributed by atoms with Gasteiger partial charge in [-0.15, -0.1) is 0 Å². The van der Waals surface area contributed by atoms with Crippen LogP contribution in [0.15, 0.2) is 47.0 Å². The van der Waals surface area contributed by atoms with E-state index < -0.39 is 0 Å². The van der Waals surface area contributed by atoms with Crippen LogP contribution in [0.5, 0.6) is 0 Å². The highest BCUT2D eigenvalue weighted by Crippen LogP contribution is 2.33. The summed E-state index contributed by atoms with van der Waals surface area (Å²) in [4.78, 5) is 18.9. The summed E-state index contributed by atoms with van der Waals surface area (Å²) in [5.41, 5.74) is 4.54. The van der Waals surface area contributed by atoms with Crippen molar-refractivity contribution in [2.45, 2.75) is 26.8 Å². The molecule has 0 atom stereocenters. The first kappa shape index (κ1) is 14.6. The van der Waals surface area contributed by atoms with Gasteiger partial charge in [-0.1, -0.05) is 41.6 Å². The molecule has 1 aromatic carbocycles. The Hall–Kier alpha value is -2.95. The number of carbonyl (C=O) groups excluding carboxylic acids is 1. The quantitative estimate of drug-likeness (QED) is 0.742. The Morgan fingerprint density at radius 2 is 1.92 bits per heavy atom. The van der Waals surface area contributed by atoms with Crippen LogP contribution in [-0.2, 0) is 17.8 Å². The highest BCUT2D eigenvalue weighted by molar-refractivity contribution is 6.00. The number of benzene rings is 1. The van der Waals surface area contributed by atoms with Gasteiger partial charge in [0.1, 0.15) is 11.6 Å². The number of amides is 1. The Labute approximate surface area is 139 Å². The van der Waals surface area contributed by atoms with E-state index in [1.165, 1.54) is 0 Å². The van der Waals surface area contributed by atoms with Gasteiger partial charge in [-0.25, -0.2) is 4.98 Å². The summed E-state index contributed by atoms with van der Waals surface area (Å²) < 4.78 is 5.24. The standard InChI is InChI=1S/C19H17N3O2/c1-12-18(13(2)24-21-12)16-9-8-15-10-17(23)22(19(15)20-16)11-14-6-4-3-5-7-14/h3-9H,10-11H2,1-2H3. The molecule has 3 aromatic rings. The average Bonchev–Trinajstić information content (AvgIpc) is 3.08. The zero-order valence-electron chi connectivity index (χ0n) is 13.6. The van der Waals surface area contributed by atoms with E-state index in [-0.39, 0.29) is 5.91 Å². The third-order valence-electron chi connectivity index (χ3n) is 4.33. The van der Waals surface area contributed by atoms with Gasteiger partial charge in [0.05, 0.1) is 29.9 Å². The largest absolute Gasteiger partial charge is 0.361 e. The highest BCUT2D eigenvalue weighted by atomic mass is 16.5. The fraction of sp³-hybridized carbons (Fsp3) is 0.211. The number of rotatable bonds is 3. The third kappa shape index (κ3) is 2.38. The van der Waals surface area contributed by atoms with Gasteiger partial charge >= 0.3 is 0 Å². The zero-order chi connectivity index (χ0) is 16.7. The minimum absolute atomic E-state index is 0.0808. The van der Waals surface area contributed by atoms with Crippen LogP contribution in [0.25, 0.3) is 11.3 Å². The lowest BCUT2D eigenvalue weighted by Crippen LogP contribution is -2.26. The fourth-order valence-electron chi connectivity index (χ4n) is 3.14. The Bertz CT molecular complexity index is 896. The Kier molecular flexibility index (Phi) is 3.41. The van der Waals surface area contributed by atoms with Crippen molar-refractivity contribution in [1.82, 2.24) is 10.1 Å². The number of nitrogens with zero attached hydrogens (tertiary/aromatic N) is 3. The number of anilines is 1. The number of hydrogen-bond acceptors (Lipinski definition) is 4. The zero-order valence-corrected chi connectivity index (χ0v) is 13.6. The van der Waals surface area contributed by atoms with E-state index in [9.17, 15) is 4.79 Å². The van der Waals surface area contributed by atoms with Crippen LogP contribution >= 0.6 is 0 Å². The van der Waals surface area contributed by atoms with Gasteiger partial charge in [-0.3, -0.25) is 9.69 Å². The molecule has 0 aliphatic carbocycles. The number of pyridine rings is 1. The van der Waals surface area contributed by atoms with Crippen LogP contribution in [0, 0.1) is 13.8 Å². The van der Waals surface area contributed by atoms with Crippen LogP contribution in [0.2, 0.25) is 0 Å². The summed E-state index contributed by atoms with van der Waals surface area (Å²) in [6.07, 6.45) is 0.400. The molecule has 0 spiro atoms. The first-order valence-corrected chi connectivity index (χ1v) is 7.91. The monoisotopic (exact) mass is 319 g/mol. The first-order chi connectivity index (χ1) is 11.6. The van der Waals surface area contributed by atoms with Gasteiger partial charge in [-0.05, 0) is 25.5 Å². The number of aryl methyl sites for hydroxylation is 2. The molecule has 0 saturated heterocycles. The number of aromatic nitrogens is 2. The smallest absolute Gasteiger partial charge is 0.233 e. The maximum absolute atomic E-state index is 12.4. The Morgan fingerprint density at radius 3 is 2.62 bits per heavy atom. The molecule has 5 heteroatoms. The van der Waals surface area contributed by atoms with E-state index in [1.54, 1.807) is 4.90 Å². The van der Waals surface area contributed by atoms with E-state index in [0.29, 0.717) is 13.0 Å². The topological polar surface area (TPSA) is 59.2 Å². The predicted octanol–water partition coefficient (Wildman–Crippen LogP) is 3.44. The molecular formula is C19H17N3O2. The molecule has 2 aromatic heterocycles. The highest BCUT2D eigenvalue weighted by Gasteiger charge is 2.29. The third-order valence-corrected chi connectivity index (χ3v) is 4.33. The van der Waals surface area contributed by atoms with Crippen molar-refractivity contribution in [3.8, 4) is 11.3 Å². The van der Waals surface area contributed by atoms with Crippen molar-refractivity contribution in [3.05, 3.63) is 65.0 Å². The molecule has 0 radical (unpaired) electrons. The molecule has 0 N–H and O–H groups in total. The summed E-state index contributed by atoms with van der Waals surface area (Å²) in [5, 5.41) is 3.99. The molecule has 1 amide bonds. The van der Waals surface area contributed by atoms with Gasteiger partial charge < -0.3 is 4.52 Å². The van der Waals surface area contributed by atoms with Gasteiger partial charge in [0.15, 0.2) is 0 Å². The number of fused-ring (bicyclic) bond motifs is 1. The number of hydrogen-bond donors (Lipinski definition) is 0.